The van der Waals surface area contributed by atoms with Gasteiger partial charge in [0.2, 0.25) is 0 Å². The number of hydrogen-bond acceptors (Lipinski definition) is 5. The van der Waals surface area contributed by atoms with Crippen molar-refractivity contribution >= 4 is 20.4 Å². The Morgan fingerprint density at radius 2 is 1.82 bits per heavy atom. The van der Waals surface area contributed by atoms with E-state index >= 15 is 0 Å². The molecule has 0 aromatic rings. The lowest BCUT2D eigenvalue weighted by Crippen LogP contribution is -2.60. The SMILES string of the molecule is CCOC(=O)C[C@H]1NC(=O)O[C@H](C)[C@@H]1O[Si](CC)(CC)CC. The van der Waals surface area contributed by atoms with Crippen LogP contribution in [-0.4, -0.2) is 45.2 Å². The third kappa shape index (κ3) is 4.71. The Bertz CT molecular complexity index is 378. The second kappa shape index (κ2) is 8.52. The molecular weight excluding hydrogens is 302 g/mol. The van der Waals surface area contributed by atoms with Crippen LogP contribution >= 0.6 is 0 Å². The van der Waals surface area contributed by atoms with Gasteiger partial charge >= 0.3 is 12.1 Å². The van der Waals surface area contributed by atoms with E-state index in [4.69, 9.17) is 13.9 Å². The van der Waals surface area contributed by atoms with Gasteiger partial charge in [-0.15, -0.1) is 0 Å². The highest BCUT2D eigenvalue weighted by atomic mass is 28.4. The third-order valence-electron chi connectivity index (χ3n) is 4.47. The maximum Gasteiger partial charge on any atom is 0.407 e. The van der Waals surface area contributed by atoms with Crippen molar-refractivity contribution in [1.82, 2.24) is 5.32 Å². The first-order valence-corrected chi connectivity index (χ1v) is 10.7. The zero-order chi connectivity index (χ0) is 16.8. The lowest BCUT2D eigenvalue weighted by atomic mass is 10.0. The molecule has 0 unspecified atom stereocenters. The molecule has 3 atom stereocenters. The summed E-state index contributed by atoms with van der Waals surface area (Å²) in [5, 5.41) is 2.72. The summed E-state index contributed by atoms with van der Waals surface area (Å²) in [5.41, 5.74) is 0. The highest BCUT2D eigenvalue weighted by molar-refractivity contribution is 6.73. The average Bonchev–Trinajstić information content (AvgIpc) is 2.48. The summed E-state index contributed by atoms with van der Waals surface area (Å²) in [6.07, 6.45) is -1.07. The summed E-state index contributed by atoms with van der Waals surface area (Å²) in [6.45, 7) is 10.3. The summed E-state index contributed by atoms with van der Waals surface area (Å²) in [7, 11) is -1.86. The second-order valence-electron chi connectivity index (χ2n) is 5.70. The van der Waals surface area contributed by atoms with Gasteiger partial charge < -0.3 is 19.2 Å². The minimum Gasteiger partial charge on any atom is -0.466 e. The molecule has 1 rings (SSSR count). The maximum absolute atomic E-state index is 11.8. The molecular formula is C15H29NO5Si. The van der Waals surface area contributed by atoms with Gasteiger partial charge in [-0.1, -0.05) is 20.8 Å². The van der Waals surface area contributed by atoms with Gasteiger partial charge in [-0.2, -0.15) is 0 Å². The molecule has 0 bridgehead atoms. The summed E-state index contributed by atoms with van der Waals surface area (Å²) in [4.78, 5) is 23.4. The van der Waals surface area contributed by atoms with E-state index in [0.29, 0.717) is 6.61 Å². The van der Waals surface area contributed by atoms with Crippen LogP contribution in [0.4, 0.5) is 4.79 Å². The summed E-state index contributed by atoms with van der Waals surface area (Å²) in [5.74, 6) is -0.327. The van der Waals surface area contributed by atoms with E-state index in [2.05, 4.69) is 26.1 Å². The van der Waals surface area contributed by atoms with Gasteiger partial charge in [-0.05, 0) is 32.0 Å². The smallest absolute Gasteiger partial charge is 0.407 e. The van der Waals surface area contributed by atoms with Crippen LogP contribution in [0.1, 0.15) is 41.0 Å². The van der Waals surface area contributed by atoms with Gasteiger partial charge in [0.1, 0.15) is 12.2 Å². The minimum atomic E-state index is -1.86. The minimum absolute atomic E-state index is 0.111. The van der Waals surface area contributed by atoms with Crippen LogP contribution in [0.3, 0.4) is 0 Å². The number of cyclic esters (lactones) is 1. The Labute approximate surface area is 134 Å². The number of carbonyl (C=O) groups is 2. The molecule has 1 aliphatic rings. The molecule has 128 valence electrons. The number of esters is 1. The summed E-state index contributed by atoms with van der Waals surface area (Å²) in [6, 6.07) is 2.61. The van der Waals surface area contributed by atoms with Crippen molar-refractivity contribution < 1.29 is 23.5 Å². The monoisotopic (exact) mass is 331 g/mol. The lowest BCUT2D eigenvalue weighted by molar-refractivity contribution is -0.145. The third-order valence-corrected chi connectivity index (χ3v) is 9.10. The van der Waals surface area contributed by atoms with Crippen molar-refractivity contribution in [3.05, 3.63) is 0 Å². The van der Waals surface area contributed by atoms with Crippen LogP contribution in [0.5, 0.6) is 0 Å². The van der Waals surface area contributed by atoms with Gasteiger partial charge in [0.25, 0.3) is 0 Å². The van der Waals surface area contributed by atoms with Gasteiger partial charge in [0.05, 0.1) is 19.1 Å². The lowest BCUT2D eigenvalue weighted by Gasteiger charge is -2.42. The molecule has 0 aromatic heterocycles. The highest BCUT2D eigenvalue weighted by Crippen LogP contribution is 2.28. The van der Waals surface area contributed by atoms with E-state index in [0.717, 1.165) is 18.1 Å². The van der Waals surface area contributed by atoms with Crippen molar-refractivity contribution in [2.24, 2.45) is 0 Å². The van der Waals surface area contributed by atoms with E-state index < -0.39 is 20.5 Å². The van der Waals surface area contributed by atoms with Crippen molar-refractivity contribution in [2.75, 3.05) is 6.61 Å². The largest absolute Gasteiger partial charge is 0.466 e. The second-order valence-corrected chi connectivity index (χ2v) is 10.4. The molecule has 1 amide bonds. The fourth-order valence-corrected chi connectivity index (χ4v) is 5.80. The van der Waals surface area contributed by atoms with Crippen LogP contribution < -0.4 is 5.32 Å². The van der Waals surface area contributed by atoms with Crippen molar-refractivity contribution in [3.63, 3.8) is 0 Å². The molecule has 0 spiro atoms. The fourth-order valence-electron chi connectivity index (χ4n) is 2.86. The predicted molar refractivity (Wildman–Crippen MR) is 86.2 cm³/mol. The van der Waals surface area contributed by atoms with Gasteiger partial charge in [-0.25, -0.2) is 4.79 Å². The topological polar surface area (TPSA) is 73.9 Å². The molecule has 1 N–H and O–H groups in total. The number of ether oxygens (including phenoxy) is 2. The Morgan fingerprint density at radius 1 is 1.23 bits per heavy atom. The molecule has 0 aliphatic carbocycles. The molecule has 7 heteroatoms. The molecule has 22 heavy (non-hydrogen) atoms. The van der Waals surface area contributed by atoms with E-state index in [1.807, 2.05) is 6.92 Å². The van der Waals surface area contributed by atoms with Crippen LogP contribution in [0.2, 0.25) is 18.1 Å². The van der Waals surface area contributed by atoms with Crippen molar-refractivity contribution in [3.8, 4) is 0 Å². The molecule has 0 aromatic carbocycles. The van der Waals surface area contributed by atoms with Gasteiger partial charge in [-0.3, -0.25) is 4.79 Å². The molecule has 6 nitrogen and oxygen atoms in total. The maximum atomic E-state index is 11.8. The number of nitrogens with one attached hydrogen (secondary N) is 1. The Balaban J connectivity index is 2.88. The summed E-state index contributed by atoms with van der Waals surface area (Å²) >= 11 is 0. The quantitative estimate of drug-likeness (QED) is 0.547. The molecule has 1 aliphatic heterocycles. The van der Waals surface area contributed by atoms with Gasteiger partial charge in [0, 0.05) is 0 Å². The Hall–Kier alpha value is -1.08. The fraction of sp³-hybridized carbons (Fsp3) is 0.867. The zero-order valence-corrected chi connectivity index (χ0v) is 15.3. The van der Waals surface area contributed by atoms with Crippen molar-refractivity contribution in [1.29, 1.82) is 0 Å². The molecule has 1 fully saturated rings. The van der Waals surface area contributed by atoms with E-state index in [1.165, 1.54) is 0 Å². The van der Waals surface area contributed by atoms with Crippen LogP contribution in [0, 0.1) is 0 Å². The normalized spacial score (nSPS) is 25.3. The first-order chi connectivity index (χ1) is 10.4. The standard InChI is InChI=1S/C15H29NO5Si/c1-6-19-13(17)10-12-14(11(5)20-15(18)16-12)21-22(7-2,8-3)9-4/h11-12,14H,6-10H2,1-5H3,(H,16,18)/t11-,12-,14+/m1/s1. The number of hydrogen-bond donors (Lipinski definition) is 1. The van der Waals surface area contributed by atoms with Crippen molar-refractivity contribution in [2.45, 2.75) is 77.4 Å². The van der Waals surface area contributed by atoms with E-state index in [1.54, 1.807) is 6.92 Å². The van der Waals surface area contributed by atoms with Crippen LogP contribution in [0.25, 0.3) is 0 Å². The number of rotatable bonds is 8. The first-order valence-electron chi connectivity index (χ1n) is 8.21. The zero-order valence-electron chi connectivity index (χ0n) is 14.3. The number of amides is 1. The van der Waals surface area contributed by atoms with E-state index in [-0.39, 0.29) is 24.6 Å². The highest BCUT2D eigenvalue weighted by Gasteiger charge is 2.43. The number of carbonyl (C=O) groups excluding carboxylic acids is 2. The first kappa shape index (κ1) is 19.0. The van der Waals surface area contributed by atoms with Crippen LogP contribution in [0.15, 0.2) is 0 Å². The Kier molecular flexibility index (Phi) is 7.35. The number of alkyl carbamates (subject to hydrolysis) is 1. The Morgan fingerprint density at radius 3 is 2.32 bits per heavy atom. The molecule has 1 saturated heterocycles. The summed E-state index contributed by atoms with van der Waals surface area (Å²) < 4.78 is 16.7. The predicted octanol–water partition coefficient (Wildman–Crippen LogP) is 2.83. The van der Waals surface area contributed by atoms with Crippen LogP contribution in [-0.2, 0) is 18.7 Å². The molecule has 0 radical (unpaired) electrons. The molecule has 0 saturated carbocycles. The van der Waals surface area contributed by atoms with E-state index in [9.17, 15) is 9.59 Å². The average molecular weight is 331 g/mol. The molecule has 1 heterocycles. The van der Waals surface area contributed by atoms with Gasteiger partial charge in [0.15, 0.2) is 8.32 Å².